The summed E-state index contributed by atoms with van der Waals surface area (Å²) in [6.45, 7) is 3.32. The van der Waals surface area contributed by atoms with E-state index in [0.29, 0.717) is 16.9 Å². The van der Waals surface area contributed by atoms with Crippen LogP contribution in [0.1, 0.15) is 22.8 Å². The Hall–Kier alpha value is -4.20. The van der Waals surface area contributed by atoms with Gasteiger partial charge in [0.05, 0.1) is 4.92 Å². The Balaban J connectivity index is 1.65. The second-order valence-corrected chi connectivity index (χ2v) is 6.82. The van der Waals surface area contributed by atoms with E-state index in [2.05, 4.69) is 10.6 Å². The van der Waals surface area contributed by atoms with E-state index in [4.69, 9.17) is 4.74 Å². The van der Waals surface area contributed by atoms with Crippen LogP contribution in [0, 0.1) is 17.0 Å². The first-order valence-electron chi connectivity index (χ1n) is 9.53. The maximum Gasteiger partial charge on any atom is 0.310 e. The van der Waals surface area contributed by atoms with Gasteiger partial charge in [-0.2, -0.15) is 0 Å². The predicted molar refractivity (Wildman–Crippen MR) is 117 cm³/mol. The Labute approximate surface area is 179 Å². The number of hydrogen-bond donors (Lipinski definition) is 2. The third kappa shape index (κ3) is 5.45. The molecule has 0 spiro atoms. The Bertz CT molecular complexity index is 1120. The van der Waals surface area contributed by atoms with E-state index in [-0.39, 0.29) is 17.3 Å². The summed E-state index contributed by atoms with van der Waals surface area (Å²) in [4.78, 5) is 35.3. The molecule has 2 amide bonds. The standard InChI is InChI=1S/C23H21N3O5/c1-15-14-18(12-13-19(15)25-23(28)17-8-4-3-5-9-17)24-22(27)16(2)31-21-11-7-6-10-20(21)26(29)30/h3-14,16H,1-2H3,(H,24,27)(H,25,28). The maximum absolute atomic E-state index is 12.5. The van der Waals surface area contributed by atoms with Crippen molar-refractivity contribution in [2.24, 2.45) is 0 Å². The van der Waals surface area contributed by atoms with E-state index < -0.39 is 16.9 Å². The van der Waals surface area contributed by atoms with Crippen molar-refractivity contribution in [2.75, 3.05) is 10.6 Å². The number of carbonyl (C=O) groups is 2. The van der Waals surface area contributed by atoms with Gasteiger partial charge < -0.3 is 15.4 Å². The summed E-state index contributed by atoms with van der Waals surface area (Å²) in [6, 6.07) is 19.8. The Morgan fingerprint density at radius 2 is 1.65 bits per heavy atom. The molecule has 1 unspecified atom stereocenters. The number of benzene rings is 3. The molecule has 0 aromatic heterocycles. The molecule has 1 atom stereocenters. The third-order valence-corrected chi connectivity index (χ3v) is 4.51. The number of anilines is 2. The van der Waals surface area contributed by atoms with Crippen molar-refractivity contribution in [1.29, 1.82) is 0 Å². The van der Waals surface area contributed by atoms with E-state index >= 15 is 0 Å². The maximum atomic E-state index is 12.5. The number of carbonyl (C=O) groups excluding carboxylic acids is 2. The first-order chi connectivity index (χ1) is 14.8. The van der Waals surface area contributed by atoms with Gasteiger partial charge >= 0.3 is 5.69 Å². The van der Waals surface area contributed by atoms with Gasteiger partial charge in [-0.05, 0) is 55.8 Å². The molecule has 3 aromatic rings. The highest BCUT2D eigenvalue weighted by Crippen LogP contribution is 2.27. The van der Waals surface area contributed by atoms with Crippen molar-refractivity contribution < 1.29 is 19.2 Å². The van der Waals surface area contributed by atoms with Crippen LogP contribution in [0.4, 0.5) is 17.1 Å². The second kappa shape index (κ2) is 9.53. The first kappa shape index (κ1) is 21.5. The molecule has 0 saturated heterocycles. The summed E-state index contributed by atoms with van der Waals surface area (Å²) in [6.07, 6.45) is -0.959. The summed E-state index contributed by atoms with van der Waals surface area (Å²) in [5, 5.41) is 16.7. The van der Waals surface area contributed by atoms with Gasteiger partial charge in [0.25, 0.3) is 11.8 Å². The fourth-order valence-corrected chi connectivity index (χ4v) is 2.86. The number of nitrogens with zero attached hydrogens (tertiary/aromatic N) is 1. The number of nitro groups is 1. The lowest BCUT2D eigenvalue weighted by molar-refractivity contribution is -0.386. The third-order valence-electron chi connectivity index (χ3n) is 4.51. The van der Waals surface area contributed by atoms with Gasteiger partial charge in [-0.25, -0.2) is 0 Å². The number of amides is 2. The Morgan fingerprint density at radius 1 is 0.968 bits per heavy atom. The van der Waals surface area contributed by atoms with Crippen molar-refractivity contribution in [3.8, 4) is 5.75 Å². The lowest BCUT2D eigenvalue weighted by Gasteiger charge is -2.16. The minimum absolute atomic E-state index is 0.0188. The van der Waals surface area contributed by atoms with Crippen LogP contribution in [0.15, 0.2) is 72.8 Å². The molecule has 8 heteroatoms. The zero-order valence-electron chi connectivity index (χ0n) is 17.0. The minimum atomic E-state index is -0.959. The van der Waals surface area contributed by atoms with Crippen LogP contribution in [0.25, 0.3) is 0 Å². The molecule has 0 aliphatic rings. The molecule has 0 heterocycles. The zero-order chi connectivity index (χ0) is 22.4. The van der Waals surface area contributed by atoms with Gasteiger partial charge in [-0.3, -0.25) is 19.7 Å². The fraction of sp³-hybridized carbons (Fsp3) is 0.130. The average molecular weight is 419 g/mol. The highest BCUT2D eigenvalue weighted by Gasteiger charge is 2.21. The van der Waals surface area contributed by atoms with Gasteiger partial charge in [0.2, 0.25) is 0 Å². The van der Waals surface area contributed by atoms with Gasteiger partial charge in [0.1, 0.15) is 0 Å². The minimum Gasteiger partial charge on any atom is -0.474 e. The summed E-state index contributed by atoms with van der Waals surface area (Å²) in [7, 11) is 0. The summed E-state index contributed by atoms with van der Waals surface area (Å²) in [5.74, 6) is -0.670. The van der Waals surface area contributed by atoms with E-state index in [1.165, 1.54) is 25.1 Å². The quantitative estimate of drug-likeness (QED) is 0.431. The molecular formula is C23H21N3O5. The van der Waals surface area contributed by atoms with Gasteiger partial charge in [-0.15, -0.1) is 0 Å². The number of ether oxygens (including phenoxy) is 1. The molecule has 0 aliphatic carbocycles. The molecule has 0 fully saturated rings. The molecule has 2 N–H and O–H groups in total. The van der Waals surface area contributed by atoms with Gasteiger partial charge in [0.15, 0.2) is 11.9 Å². The Morgan fingerprint density at radius 3 is 2.32 bits per heavy atom. The first-order valence-corrected chi connectivity index (χ1v) is 9.53. The summed E-state index contributed by atoms with van der Waals surface area (Å²) >= 11 is 0. The highest BCUT2D eigenvalue weighted by atomic mass is 16.6. The topological polar surface area (TPSA) is 111 Å². The van der Waals surface area contributed by atoms with Crippen molar-refractivity contribution in [3.05, 3.63) is 94.0 Å². The van der Waals surface area contributed by atoms with E-state index in [9.17, 15) is 19.7 Å². The van der Waals surface area contributed by atoms with E-state index in [1.54, 1.807) is 48.5 Å². The molecular weight excluding hydrogens is 398 g/mol. The predicted octanol–water partition coefficient (Wildman–Crippen LogP) is 4.56. The van der Waals surface area contributed by atoms with Crippen LogP contribution in [0.5, 0.6) is 5.75 Å². The second-order valence-electron chi connectivity index (χ2n) is 6.82. The van der Waals surface area contributed by atoms with Crippen LogP contribution in [0.3, 0.4) is 0 Å². The van der Waals surface area contributed by atoms with Crippen LogP contribution in [0.2, 0.25) is 0 Å². The Kier molecular flexibility index (Phi) is 6.61. The number of rotatable bonds is 7. The van der Waals surface area contributed by atoms with Crippen LogP contribution in [-0.4, -0.2) is 22.8 Å². The number of aryl methyl sites for hydroxylation is 1. The van der Waals surface area contributed by atoms with Gasteiger partial charge in [-0.1, -0.05) is 30.3 Å². The number of nitrogens with one attached hydrogen (secondary N) is 2. The fourth-order valence-electron chi connectivity index (χ4n) is 2.86. The molecule has 0 bridgehead atoms. The van der Waals surface area contributed by atoms with Crippen LogP contribution < -0.4 is 15.4 Å². The smallest absolute Gasteiger partial charge is 0.310 e. The monoisotopic (exact) mass is 419 g/mol. The molecule has 0 radical (unpaired) electrons. The van der Waals surface area contributed by atoms with Crippen molar-refractivity contribution in [1.82, 2.24) is 0 Å². The SMILES string of the molecule is Cc1cc(NC(=O)C(C)Oc2ccccc2[N+](=O)[O-])ccc1NC(=O)c1ccccc1. The van der Waals surface area contributed by atoms with E-state index in [1.807, 2.05) is 13.0 Å². The number of nitro benzene ring substituents is 1. The molecule has 158 valence electrons. The average Bonchev–Trinajstić information content (AvgIpc) is 2.76. The molecule has 0 aliphatic heterocycles. The van der Waals surface area contributed by atoms with Crippen molar-refractivity contribution in [3.63, 3.8) is 0 Å². The van der Waals surface area contributed by atoms with E-state index in [0.717, 1.165) is 5.56 Å². The molecule has 3 aromatic carbocycles. The van der Waals surface area contributed by atoms with Crippen LogP contribution >= 0.6 is 0 Å². The number of para-hydroxylation sites is 2. The van der Waals surface area contributed by atoms with Crippen molar-refractivity contribution in [2.45, 2.75) is 20.0 Å². The summed E-state index contributed by atoms with van der Waals surface area (Å²) < 4.78 is 5.49. The lowest BCUT2D eigenvalue weighted by atomic mass is 10.1. The molecule has 3 rings (SSSR count). The summed E-state index contributed by atoms with van der Waals surface area (Å²) in [5.41, 5.74) is 2.22. The highest BCUT2D eigenvalue weighted by molar-refractivity contribution is 6.04. The van der Waals surface area contributed by atoms with Crippen molar-refractivity contribution >= 4 is 28.9 Å². The largest absolute Gasteiger partial charge is 0.474 e. The van der Waals surface area contributed by atoms with Gasteiger partial charge in [0, 0.05) is 23.0 Å². The normalized spacial score (nSPS) is 11.3. The van der Waals surface area contributed by atoms with Crippen LogP contribution in [-0.2, 0) is 4.79 Å². The zero-order valence-corrected chi connectivity index (χ0v) is 17.0. The molecule has 0 saturated carbocycles. The number of hydrogen-bond acceptors (Lipinski definition) is 5. The lowest BCUT2D eigenvalue weighted by Crippen LogP contribution is -2.30. The molecule has 31 heavy (non-hydrogen) atoms. The molecule has 8 nitrogen and oxygen atoms in total.